The summed E-state index contributed by atoms with van der Waals surface area (Å²) >= 11 is 1.38. The summed E-state index contributed by atoms with van der Waals surface area (Å²) in [6, 6.07) is 6.34. The lowest BCUT2D eigenvalue weighted by molar-refractivity contribution is 0.0383. The van der Waals surface area contributed by atoms with Crippen LogP contribution < -0.4 is 5.32 Å². The number of amides is 1. The molecule has 1 fully saturated rings. The van der Waals surface area contributed by atoms with Crippen LogP contribution in [0.25, 0.3) is 0 Å². The van der Waals surface area contributed by atoms with E-state index >= 15 is 0 Å². The van der Waals surface area contributed by atoms with Gasteiger partial charge in [-0.05, 0) is 17.7 Å². The molecule has 24 heavy (non-hydrogen) atoms. The van der Waals surface area contributed by atoms with Gasteiger partial charge in [0.15, 0.2) is 0 Å². The van der Waals surface area contributed by atoms with Crippen LogP contribution in [0.5, 0.6) is 0 Å². The lowest BCUT2D eigenvalue weighted by atomic mass is 10.2. The number of aromatic nitrogens is 1. The average Bonchev–Trinajstić information content (AvgIpc) is 3.06. The number of morpholine rings is 1. The number of hydrogen-bond acceptors (Lipinski definition) is 5. The van der Waals surface area contributed by atoms with Crippen molar-refractivity contribution in [3.63, 3.8) is 0 Å². The maximum absolute atomic E-state index is 12.9. The lowest BCUT2D eigenvalue weighted by Crippen LogP contribution is -2.41. The number of carbonyl (C=O) groups is 1. The van der Waals surface area contributed by atoms with E-state index in [0.717, 1.165) is 43.4 Å². The Morgan fingerprint density at radius 2 is 2.04 bits per heavy atom. The zero-order valence-corrected chi connectivity index (χ0v) is 14.2. The summed E-state index contributed by atoms with van der Waals surface area (Å²) in [6.45, 7) is 4.79. The van der Waals surface area contributed by atoms with Crippen LogP contribution in [0.4, 0.5) is 4.39 Å². The summed E-state index contributed by atoms with van der Waals surface area (Å²) in [7, 11) is 0. The molecule has 2 aromatic rings. The Morgan fingerprint density at radius 1 is 1.29 bits per heavy atom. The molecule has 5 nitrogen and oxygen atoms in total. The van der Waals surface area contributed by atoms with Gasteiger partial charge in [0.05, 0.1) is 24.4 Å². The lowest BCUT2D eigenvalue weighted by Gasteiger charge is -2.26. The quantitative estimate of drug-likeness (QED) is 0.866. The molecule has 2 heterocycles. The molecule has 1 aromatic carbocycles. The van der Waals surface area contributed by atoms with Gasteiger partial charge in [0, 0.05) is 32.6 Å². The van der Waals surface area contributed by atoms with Crippen LogP contribution in [0.15, 0.2) is 30.5 Å². The first-order valence-corrected chi connectivity index (χ1v) is 8.80. The molecule has 0 atom stereocenters. The number of ether oxygens (including phenoxy) is 1. The molecule has 0 unspecified atom stereocenters. The van der Waals surface area contributed by atoms with Crippen molar-refractivity contribution >= 4 is 17.2 Å². The molecule has 7 heteroatoms. The third-order valence-electron chi connectivity index (χ3n) is 3.86. The molecule has 1 saturated heterocycles. The van der Waals surface area contributed by atoms with E-state index in [1.165, 1.54) is 23.5 Å². The number of nitrogens with one attached hydrogen (secondary N) is 1. The van der Waals surface area contributed by atoms with Gasteiger partial charge in [-0.1, -0.05) is 12.1 Å². The average molecular weight is 349 g/mol. The van der Waals surface area contributed by atoms with E-state index in [0.29, 0.717) is 17.8 Å². The maximum Gasteiger partial charge on any atom is 0.263 e. The van der Waals surface area contributed by atoms with Crippen LogP contribution in [0.1, 0.15) is 20.2 Å². The van der Waals surface area contributed by atoms with E-state index in [-0.39, 0.29) is 11.7 Å². The molecule has 128 valence electrons. The highest BCUT2D eigenvalue weighted by atomic mass is 32.1. The van der Waals surface area contributed by atoms with Gasteiger partial charge in [0.1, 0.15) is 10.7 Å². The number of hydrogen-bond donors (Lipinski definition) is 1. The fourth-order valence-corrected chi connectivity index (χ4v) is 3.38. The van der Waals surface area contributed by atoms with Crippen LogP contribution in [-0.2, 0) is 11.2 Å². The van der Waals surface area contributed by atoms with Crippen molar-refractivity contribution < 1.29 is 13.9 Å². The van der Waals surface area contributed by atoms with Gasteiger partial charge in [-0.3, -0.25) is 9.69 Å². The smallest absolute Gasteiger partial charge is 0.263 e. The summed E-state index contributed by atoms with van der Waals surface area (Å²) in [5.41, 5.74) is 0.977. The highest BCUT2D eigenvalue weighted by molar-refractivity contribution is 7.13. The number of halogens is 1. The third kappa shape index (κ3) is 4.83. The molecular formula is C17H20FN3O2S. The van der Waals surface area contributed by atoms with Crippen LogP contribution in [0.3, 0.4) is 0 Å². The minimum atomic E-state index is -0.252. The molecule has 1 aliphatic heterocycles. The third-order valence-corrected chi connectivity index (χ3v) is 4.86. The molecular weight excluding hydrogens is 329 g/mol. The molecule has 0 bridgehead atoms. The van der Waals surface area contributed by atoms with Crippen molar-refractivity contribution in [1.82, 2.24) is 15.2 Å². The van der Waals surface area contributed by atoms with Crippen molar-refractivity contribution in [1.29, 1.82) is 0 Å². The summed E-state index contributed by atoms with van der Waals surface area (Å²) in [5, 5.41) is 3.78. The summed E-state index contributed by atoms with van der Waals surface area (Å²) in [5.74, 6) is -0.343. The van der Waals surface area contributed by atoms with E-state index in [2.05, 4.69) is 15.2 Å². The molecule has 0 radical (unpaired) electrons. The molecule has 0 saturated carbocycles. The van der Waals surface area contributed by atoms with E-state index in [4.69, 9.17) is 4.74 Å². The van der Waals surface area contributed by atoms with Crippen molar-refractivity contribution in [2.24, 2.45) is 0 Å². The Balaban J connectivity index is 1.47. The minimum Gasteiger partial charge on any atom is -0.379 e. The predicted molar refractivity (Wildman–Crippen MR) is 90.9 cm³/mol. The van der Waals surface area contributed by atoms with Gasteiger partial charge in [-0.15, -0.1) is 11.3 Å². The van der Waals surface area contributed by atoms with Gasteiger partial charge in [0.25, 0.3) is 5.91 Å². The fraction of sp³-hybridized carbons (Fsp3) is 0.412. The van der Waals surface area contributed by atoms with Crippen molar-refractivity contribution in [2.45, 2.75) is 6.42 Å². The van der Waals surface area contributed by atoms with Crippen LogP contribution in [-0.4, -0.2) is 55.2 Å². The molecule has 3 rings (SSSR count). The van der Waals surface area contributed by atoms with Crippen molar-refractivity contribution in [3.05, 3.63) is 51.7 Å². The molecule has 1 N–H and O–H groups in total. The van der Waals surface area contributed by atoms with Crippen LogP contribution in [0.2, 0.25) is 0 Å². The minimum absolute atomic E-state index is 0.0916. The van der Waals surface area contributed by atoms with Gasteiger partial charge in [0.2, 0.25) is 0 Å². The second kappa shape index (κ2) is 8.32. The summed E-state index contributed by atoms with van der Waals surface area (Å²) < 4.78 is 18.2. The zero-order valence-electron chi connectivity index (χ0n) is 13.3. The number of rotatable bonds is 6. The first kappa shape index (κ1) is 17.0. The van der Waals surface area contributed by atoms with Crippen molar-refractivity contribution in [2.75, 3.05) is 39.4 Å². The second-order valence-electron chi connectivity index (χ2n) is 5.63. The van der Waals surface area contributed by atoms with Crippen LogP contribution in [0, 0.1) is 5.82 Å². The second-order valence-corrected chi connectivity index (χ2v) is 6.75. The van der Waals surface area contributed by atoms with E-state index in [1.54, 1.807) is 18.3 Å². The SMILES string of the molecule is O=C(NCCN1CCOCC1)c1cnc(Cc2ccc(F)cc2)s1. The Kier molecular flexibility index (Phi) is 5.90. The van der Waals surface area contributed by atoms with Gasteiger partial charge in [-0.2, -0.15) is 0 Å². The zero-order chi connectivity index (χ0) is 16.8. The van der Waals surface area contributed by atoms with E-state index < -0.39 is 0 Å². The number of nitrogens with zero attached hydrogens (tertiary/aromatic N) is 2. The standard InChI is InChI=1S/C17H20FN3O2S/c18-14-3-1-13(2-4-14)11-16-20-12-15(24-16)17(22)19-5-6-21-7-9-23-10-8-21/h1-4,12H,5-11H2,(H,19,22). The Morgan fingerprint density at radius 3 is 2.79 bits per heavy atom. The Bertz CT molecular complexity index is 669. The highest BCUT2D eigenvalue weighted by Crippen LogP contribution is 2.17. The molecule has 1 amide bonds. The van der Waals surface area contributed by atoms with E-state index in [1.807, 2.05) is 0 Å². The largest absolute Gasteiger partial charge is 0.379 e. The van der Waals surface area contributed by atoms with Crippen LogP contribution >= 0.6 is 11.3 Å². The van der Waals surface area contributed by atoms with Crippen molar-refractivity contribution in [3.8, 4) is 0 Å². The molecule has 0 aliphatic carbocycles. The normalized spacial score (nSPS) is 15.4. The summed E-state index contributed by atoms with van der Waals surface area (Å²) in [4.78, 5) is 19.3. The Hall–Kier alpha value is -1.83. The molecule has 1 aromatic heterocycles. The Labute approximate surface area is 144 Å². The fourth-order valence-electron chi connectivity index (χ4n) is 2.51. The first-order valence-electron chi connectivity index (χ1n) is 7.98. The number of benzene rings is 1. The van der Waals surface area contributed by atoms with Gasteiger partial charge < -0.3 is 10.1 Å². The maximum atomic E-state index is 12.9. The topological polar surface area (TPSA) is 54.5 Å². The first-order chi connectivity index (χ1) is 11.7. The summed E-state index contributed by atoms with van der Waals surface area (Å²) in [6.07, 6.45) is 2.21. The molecule has 0 spiro atoms. The number of thiazole rings is 1. The monoisotopic (exact) mass is 349 g/mol. The van der Waals surface area contributed by atoms with E-state index in [9.17, 15) is 9.18 Å². The van der Waals surface area contributed by atoms with Gasteiger partial charge in [-0.25, -0.2) is 9.37 Å². The highest BCUT2D eigenvalue weighted by Gasteiger charge is 2.13. The number of carbonyl (C=O) groups excluding carboxylic acids is 1. The van der Waals surface area contributed by atoms with Gasteiger partial charge >= 0.3 is 0 Å². The predicted octanol–water partition coefficient (Wildman–Crippen LogP) is 1.94. The molecule has 1 aliphatic rings.